The average Bonchev–Trinajstić information content (AvgIpc) is 2.92. The zero-order valence-corrected chi connectivity index (χ0v) is 8.39. The smallest absolute Gasteiger partial charge is 0.222 e. The average molecular weight is 210 g/mol. The van der Waals surface area contributed by atoms with Gasteiger partial charge in [-0.15, -0.1) is 10.2 Å². The van der Waals surface area contributed by atoms with E-state index in [1.165, 1.54) is 6.33 Å². The molecule has 0 aromatic carbocycles. The minimum Gasteiger partial charge on any atom is -0.388 e. The van der Waals surface area contributed by atoms with Crippen LogP contribution < -0.4 is 5.32 Å². The Bertz CT molecular complexity index is 346. The summed E-state index contributed by atoms with van der Waals surface area (Å²) in [7, 11) is 0. The SMILES string of the molecule is O=C(CCn1cnnc1CO)NC1CC1. The number of rotatable bonds is 5. The van der Waals surface area contributed by atoms with Crippen LogP contribution >= 0.6 is 0 Å². The highest BCUT2D eigenvalue weighted by Gasteiger charge is 2.22. The molecule has 0 bridgehead atoms. The molecular weight excluding hydrogens is 196 g/mol. The monoisotopic (exact) mass is 210 g/mol. The zero-order valence-electron chi connectivity index (χ0n) is 8.39. The third kappa shape index (κ3) is 2.76. The zero-order chi connectivity index (χ0) is 10.7. The maximum atomic E-state index is 11.4. The number of carbonyl (C=O) groups excluding carboxylic acids is 1. The minimum atomic E-state index is -0.149. The number of aliphatic hydroxyl groups is 1. The summed E-state index contributed by atoms with van der Waals surface area (Å²) in [5.41, 5.74) is 0. The van der Waals surface area contributed by atoms with E-state index in [1.54, 1.807) is 4.57 Å². The number of amides is 1. The van der Waals surface area contributed by atoms with Gasteiger partial charge in [0, 0.05) is 19.0 Å². The van der Waals surface area contributed by atoms with Crippen molar-refractivity contribution in [3.63, 3.8) is 0 Å². The summed E-state index contributed by atoms with van der Waals surface area (Å²) < 4.78 is 1.69. The van der Waals surface area contributed by atoms with Gasteiger partial charge in [0.15, 0.2) is 5.82 Å². The molecule has 15 heavy (non-hydrogen) atoms. The van der Waals surface area contributed by atoms with E-state index in [0.717, 1.165) is 12.8 Å². The molecule has 82 valence electrons. The van der Waals surface area contributed by atoms with Gasteiger partial charge >= 0.3 is 0 Å². The van der Waals surface area contributed by atoms with Gasteiger partial charge in [0.1, 0.15) is 12.9 Å². The molecule has 1 saturated carbocycles. The van der Waals surface area contributed by atoms with E-state index < -0.39 is 0 Å². The minimum absolute atomic E-state index is 0.0510. The van der Waals surface area contributed by atoms with Crippen LogP contribution in [0.3, 0.4) is 0 Å². The summed E-state index contributed by atoms with van der Waals surface area (Å²) in [6, 6.07) is 0.399. The lowest BCUT2D eigenvalue weighted by atomic mass is 10.4. The molecule has 2 rings (SSSR count). The van der Waals surface area contributed by atoms with Gasteiger partial charge in [0.25, 0.3) is 0 Å². The highest BCUT2D eigenvalue weighted by atomic mass is 16.3. The topological polar surface area (TPSA) is 80.0 Å². The molecule has 1 heterocycles. The van der Waals surface area contributed by atoms with Crippen LogP contribution in [0.1, 0.15) is 25.1 Å². The highest BCUT2D eigenvalue weighted by Crippen LogP contribution is 2.18. The van der Waals surface area contributed by atoms with Gasteiger partial charge < -0.3 is 15.0 Å². The van der Waals surface area contributed by atoms with Crippen LogP contribution in [0.4, 0.5) is 0 Å². The Morgan fingerprint density at radius 3 is 3.13 bits per heavy atom. The van der Waals surface area contributed by atoms with E-state index in [1.807, 2.05) is 0 Å². The lowest BCUT2D eigenvalue weighted by Gasteiger charge is -2.05. The normalized spacial score (nSPS) is 15.3. The fourth-order valence-electron chi connectivity index (χ4n) is 1.34. The first-order valence-corrected chi connectivity index (χ1v) is 5.06. The van der Waals surface area contributed by atoms with E-state index in [2.05, 4.69) is 15.5 Å². The van der Waals surface area contributed by atoms with Gasteiger partial charge in [0.2, 0.25) is 5.91 Å². The first-order chi connectivity index (χ1) is 7.29. The summed E-state index contributed by atoms with van der Waals surface area (Å²) in [5.74, 6) is 0.546. The Morgan fingerprint density at radius 1 is 1.67 bits per heavy atom. The lowest BCUT2D eigenvalue weighted by molar-refractivity contribution is -0.121. The highest BCUT2D eigenvalue weighted by molar-refractivity contribution is 5.76. The van der Waals surface area contributed by atoms with Crippen molar-refractivity contribution in [1.82, 2.24) is 20.1 Å². The Hall–Kier alpha value is -1.43. The number of aromatic nitrogens is 3. The third-order valence-corrected chi connectivity index (χ3v) is 2.36. The van der Waals surface area contributed by atoms with E-state index >= 15 is 0 Å². The van der Waals surface area contributed by atoms with Crippen LogP contribution in [0.5, 0.6) is 0 Å². The molecule has 0 saturated heterocycles. The summed E-state index contributed by atoms with van der Waals surface area (Å²) in [6.07, 6.45) is 4.12. The van der Waals surface area contributed by atoms with Gasteiger partial charge in [-0.3, -0.25) is 4.79 Å². The van der Waals surface area contributed by atoms with Gasteiger partial charge in [-0.05, 0) is 12.8 Å². The molecule has 1 amide bonds. The molecule has 0 atom stereocenters. The fourth-order valence-corrected chi connectivity index (χ4v) is 1.34. The second-order valence-corrected chi connectivity index (χ2v) is 3.69. The fraction of sp³-hybridized carbons (Fsp3) is 0.667. The van der Waals surface area contributed by atoms with Crippen molar-refractivity contribution < 1.29 is 9.90 Å². The first-order valence-electron chi connectivity index (χ1n) is 5.06. The van der Waals surface area contributed by atoms with Crippen molar-refractivity contribution in [3.05, 3.63) is 12.2 Å². The van der Waals surface area contributed by atoms with Crippen LogP contribution in [0.2, 0.25) is 0 Å². The molecule has 0 unspecified atom stereocenters. The molecule has 1 aliphatic rings. The number of nitrogens with zero attached hydrogens (tertiary/aromatic N) is 3. The maximum Gasteiger partial charge on any atom is 0.222 e. The maximum absolute atomic E-state index is 11.4. The van der Waals surface area contributed by atoms with Crippen molar-refractivity contribution in [1.29, 1.82) is 0 Å². The number of hydrogen-bond donors (Lipinski definition) is 2. The van der Waals surface area contributed by atoms with Gasteiger partial charge in [-0.1, -0.05) is 0 Å². The number of aliphatic hydroxyl groups excluding tert-OH is 1. The molecule has 2 N–H and O–H groups in total. The Labute approximate surface area is 87.3 Å². The molecule has 6 nitrogen and oxygen atoms in total. The van der Waals surface area contributed by atoms with Crippen molar-refractivity contribution in [2.75, 3.05) is 0 Å². The van der Waals surface area contributed by atoms with Crippen molar-refractivity contribution >= 4 is 5.91 Å². The standard InChI is InChI=1S/C9H14N4O2/c14-5-8-12-10-6-13(8)4-3-9(15)11-7-1-2-7/h6-7,14H,1-5H2,(H,11,15). The van der Waals surface area contributed by atoms with Crippen molar-refractivity contribution in [3.8, 4) is 0 Å². The van der Waals surface area contributed by atoms with E-state index in [-0.39, 0.29) is 12.5 Å². The first kappa shape index (κ1) is 10.1. The predicted molar refractivity (Wildman–Crippen MR) is 51.7 cm³/mol. The largest absolute Gasteiger partial charge is 0.388 e. The Kier molecular flexibility index (Phi) is 2.96. The van der Waals surface area contributed by atoms with Crippen LogP contribution in [0.15, 0.2) is 6.33 Å². The Balaban J connectivity index is 1.78. The van der Waals surface area contributed by atoms with E-state index in [0.29, 0.717) is 24.8 Å². The van der Waals surface area contributed by atoms with Gasteiger partial charge in [0.05, 0.1) is 0 Å². The molecule has 1 fully saturated rings. The number of carbonyl (C=O) groups is 1. The lowest BCUT2D eigenvalue weighted by Crippen LogP contribution is -2.26. The molecule has 1 aromatic rings. The number of hydrogen-bond acceptors (Lipinski definition) is 4. The molecule has 6 heteroatoms. The van der Waals surface area contributed by atoms with E-state index in [9.17, 15) is 4.79 Å². The molecule has 0 radical (unpaired) electrons. The third-order valence-electron chi connectivity index (χ3n) is 2.36. The molecular formula is C9H14N4O2. The molecule has 1 aromatic heterocycles. The predicted octanol–water partition coefficient (Wildman–Crippen LogP) is -0.561. The molecule has 0 spiro atoms. The van der Waals surface area contributed by atoms with Crippen LogP contribution in [-0.4, -0.2) is 31.8 Å². The second-order valence-electron chi connectivity index (χ2n) is 3.69. The number of nitrogens with one attached hydrogen (secondary N) is 1. The second kappa shape index (κ2) is 4.39. The van der Waals surface area contributed by atoms with Crippen LogP contribution in [0, 0.1) is 0 Å². The summed E-state index contributed by atoms with van der Waals surface area (Å²) in [5, 5.41) is 19.2. The molecule has 0 aliphatic heterocycles. The van der Waals surface area contributed by atoms with Crippen LogP contribution in [0.25, 0.3) is 0 Å². The van der Waals surface area contributed by atoms with Gasteiger partial charge in [-0.2, -0.15) is 0 Å². The van der Waals surface area contributed by atoms with Crippen molar-refractivity contribution in [2.45, 2.75) is 38.5 Å². The molecule has 1 aliphatic carbocycles. The number of aryl methyl sites for hydroxylation is 1. The van der Waals surface area contributed by atoms with Crippen molar-refractivity contribution in [2.24, 2.45) is 0 Å². The summed E-state index contributed by atoms with van der Waals surface area (Å²) >= 11 is 0. The van der Waals surface area contributed by atoms with E-state index in [4.69, 9.17) is 5.11 Å². The summed E-state index contributed by atoms with van der Waals surface area (Å²) in [6.45, 7) is 0.367. The van der Waals surface area contributed by atoms with Crippen LogP contribution in [-0.2, 0) is 17.9 Å². The quantitative estimate of drug-likeness (QED) is 0.682. The Morgan fingerprint density at radius 2 is 2.47 bits per heavy atom. The summed E-state index contributed by atoms with van der Waals surface area (Å²) in [4.78, 5) is 11.4. The van der Waals surface area contributed by atoms with Gasteiger partial charge in [-0.25, -0.2) is 0 Å².